The number of hydrogen-bond donors (Lipinski definition) is 2. The van der Waals surface area contributed by atoms with Crippen LogP contribution in [0.2, 0.25) is 0 Å². The summed E-state index contributed by atoms with van der Waals surface area (Å²) >= 11 is -2.35. The van der Waals surface area contributed by atoms with Crippen molar-refractivity contribution < 1.29 is 8.76 Å². The third-order valence-electron chi connectivity index (χ3n) is 1.63. The molecule has 8 heteroatoms. The van der Waals surface area contributed by atoms with Gasteiger partial charge in [-0.25, -0.2) is 0 Å². The molecule has 0 spiro atoms. The summed E-state index contributed by atoms with van der Waals surface area (Å²) in [5.41, 5.74) is 6.44. The number of fused-ring (bicyclic) bond motifs is 1. The molecule has 74 valence electrons. The normalized spacial score (nSPS) is 12.9. The molecule has 0 saturated carbocycles. The minimum atomic E-state index is -2.35. The van der Waals surface area contributed by atoms with Crippen molar-refractivity contribution in [1.82, 2.24) is 14.6 Å². The molecule has 7 nitrogen and oxygen atoms in total. The van der Waals surface area contributed by atoms with Gasteiger partial charge in [0.1, 0.15) is 0 Å². The summed E-state index contributed by atoms with van der Waals surface area (Å²) in [6.45, 7) is 0. The van der Waals surface area contributed by atoms with Crippen molar-refractivity contribution in [3.05, 3.63) is 18.3 Å². The molecule has 0 bridgehead atoms. The van der Waals surface area contributed by atoms with Crippen molar-refractivity contribution in [3.8, 4) is 0 Å². The van der Waals surface area contributed by atoms with E-state index in [9.17, 15) is 8.76 Å². The zero-order valence-corrected chi connectivity index (χ0v) is 7.69. The first kappa shape index (κ1) is 8.91. The number of aromatic nitrogens is 3. The standard InChI is InChI=1S/C6H7N5O2S/c7-6-9-8-5-2-1-4(3-11(5)6)10-14(12)13/h1-3,10H,(H2,7,9)(H,12,13)/p-1. The van der Waals surface area contributed by atoms with Crippen LogP contribution in [0.3, 0.4) is 0 Å². The summed E-state index contributed by atoms with van der Waals surface area (Å²) in [6, 6.07) is 3.18. The second-order valence-electron chi connectivity index (χ2n) is 2.54. The highest BCUT2D eigenvalue weighted by Gasteiger charge is 2.01. The number of nitrogens with one attached hydrogen (secondary N) is 1. The number of rotatable bonds is 2. The Morgan fingerprint density at radius 2 is 2.29 bits per heavy atom. The lowest BCUT2D eigenvalue weighted by Gasteiger charge is -2.08. The largest absolute Gasteiger partial charge is 0.755 e. The Kier molecular flexibility index (Phi) is 2.06. The monoisotopic (exact) mass is 212 g/mol. The Hall–Kier alpha value is -1.67. The Labute approximate surface area is 81.4 Å². The molecule has 1 unspecified atom stereocenters. The fraction of sp³-hybridized carbons (Fsp3) is 0. The third-order valence-corrected chi connectivity index (χ3v) is 2.03. The van der Waals surface area contributed by atoms with Gasteiger partial charge < -0.3 is 15.0 Å². The van der Waals surface area contributed by atoms with E-state index in [1.165, 1.54) is 10.6 Å². The number of hydrogen-bond acceptors (Lipinski definition) is 5. The van der Waals surface area contributed by atoms with Crippen LogP contribution in [-0.4, -0.2) is 23.4 Å². The van der Waals surface area contributed by atoms with Crippen molar-refractivity contribution in [3.63, 3.8) is 0 Å². The molecule has 2 aromatic rings. The number of pyridine rings is 1. The van der Waals surface area contributed by atoms with Crippen molar-refractivity contribution in [1.29, 1.82) is 0 Å². The molecule has 1 atom stereocenters. The van der Waals surface area contributed by atoms with Gasteiger partial charge in [0.15, 0.2) is 5.65 Å². The summed E-state index contributed by atoms with van der Waals surface area (Å²) in [6.07, 6.45) is 1.50. The lowest BCUT2D eigenvalue weighted by molar-refractivity contribution is 0.542. The van der Waals surface area contributed by atoms with Gasteiger partial charge in [0.25, 0.3) is 0 Å². The zero-order valence-electron chi connectivity index (χ0n) is 6.88. The molecule has 0 aliphatic heterocycles. The third kappa shape index (κ3) is 1.52. The van der Waals surface area contributed by atoms with Gasteiger partial charge in [-0.2, -0.15) is 0 Å². The minimum Gasteiger partial charge on any atom is -0.755 e. The first-order valence-electron chi connectivity index (χ1n) is 3.63. The number of nitrogen functional groups attached to an aromatic ring is 1. The average Bonchev–Trinajstić information content (AvgIpc) is 2.47. The Morgan fingerprint density at radius 3 is 3.00 bits per heavy atom. The van der Waals surface area contributed by atoms with Gasteiger partial charge in [0.2, 0.25) is 5.95 Å². The summed E-state index contributed by atoms with van der Waals surface area (Å²) in [4.78, 5) is 0. The van der Waals surface area contributed by atoms with Crippen LogP contribution < -0.4 is 10.5 Å². The highest BCUT2D eigenvalue weighted by atomic mass is 32.2. The van der Waals surface area contributed by atoms with Gasteiger partial charge in [-0.15, -0.1) is 10.2 Å². The van der Waals surface area contributed by atoms with Crippen molar-refractivity contribution in [2.75, 3.05) is 10.5 Å². The topological polar surface area (TPSA) is 108 Å². The molecule has 3 N–H and O–H groups in total. The number of nitrogens with zero attached hydrogens (tertiary/aromatic N) is 3. The van der Waals surface area contributed by atoms with Gasteiger partial charge in [-0.1, -0.05) is 0 Å². The molecule has 2 aromatic heterocycles. The fourth-order valence-corrected chi connectivity index (χ4v) is 1.38. The maximum atomic E-state index is 10.3. The molecule has 0 radical (unpaired) electrons. The first-order valence-corrected chi connectivity index (χ1v) is 4.70. The maximum Gasteiger partial charge on any atom is 0.226 e. The van der Waals surface area contributed by atoms with Crippen LogP contribution in [0, 0.1) is 0 Å². The Balaban J connectivity index is 2.49. The molecule has 14 heavy (non-hydrogen) atoms. The van der Waals surface area contributed by atoms with E-state index in [1.807, 2.05) is 0 Å². The highest BCUT2D eigenvalue weighted by molar-refractivity contribution is 7.80. The number of nitrogens with two attached hydrogens (primary N) is 1. The Bertz CT molecular complexity index is 496. The average molecular weight is 212 g/mol. The van der Waals surface area contributed by atoms with Crippen molar-refractivity contribution in [2.24, 2.45) is 0 Å². The molecule has 0 saturated heterocycles. The summed E-state index contributed by atoms with van der Waals surface area (Å²) < 4.78 is 24.4. The Morgan fingerprint density at radius 1 is 1.50 bits per heavy atom. The molecule has 0 aliphatic rings. The van der Waals surface area contributed by atoms with Gasteiger partial charge in [-0.3, -0.25) is 8.61 Å². The molecular formula is C6H6N5O2S-. The molecule has 2 heterocycles. The van der Waals surface area contributed by atoms with Crippen molar-refractivity contribution in [2.45, 2.75) is 0 Å². The predicted molar refractivity (Wildman–Crippen MR) is 49.9 cm³/mol. The second kappa shape index (κ2) is 3.24. The quantitative estimate of drug-likeness (QED) is 0.653. The van der Waals surface area contributed by atoms with Gasteiger partial charge in [-0.05, 0) is 12.1 Å². The molecule has 2 rings (SSSR count). The van der Waals surface area contributed by atoms with E-state index in [1.54, 1.807) is 12.1 Å². The smallest absolute Gasteiger partial charge is 0.226 e. The van der Waals surface area contributed by atoms with Crippen molar-refractivity contribution >= 4 is 28.5 Å². The van der Waals surface area contributed by atoms with E-state index in [0.29, 0.717) is 11.3 Å². The van der Waals surface area contributed by atoms with E-state index < -0.39 is 11.3 Å². The molecular weight excluding hydrogens is 206 g/mol. The fourth-order valence-electron chi connectivity index (χ4n) is 1.07. The summed E-state index contributed by atoms with van der Waals surface area (Å²) in [5, 5.41) is 7.37. The molecule has 0 aromatic carbocycles. The number of anilines is 2. The minimum absolute atomic E-state index is 0.209. The van der Waals surface area contributed by atoms with E-state index in [-0.39, 0.29) is 5.95 Å². The van der Waals surface area contributed by atoms with E-state index >= 15 is 0 Å². The van der Waals surface area contributed by atoms with E-state index in [4.69, 9.17) is 5.73 Å². The second-order valence-corrected chi connectivity index (χ2v) is 3.21. The van der Waals surface area contributed by atoms with Crippen LogP contribution in [0.4, 0.5) is 11.6 Å². The SMILES string of the molecule is Nc1nnc2ccc(NS(=O)[O-])cn12. The van der Waals surface area contributed by atoms with Gasteiger partial charge in [0, 0.05) is 17.5 Å². The zero-order chi connectivity index (χ0) is 10.1. The lowest BCUT2D eigenvalue weighted by Crippen LogP contribution is -2.03. The first-order chi connectivity index (χ1) is 6.66. The molecule has 0 fully saturated rings. The van der Waals surface area contributed by atoms with Crippen LogP contribution in [-0.2, 0) is 11.3 Å². The van der Waals surface area contributed by atoms with Crippen LogP contribution in [0.15, 0.2) is 18.3 Å². The van der Waals surface area contributed by atoms with Gasteiger partial charge in [0.05, 0.1) is 5.69 Å². The van der Waals surface area contributed by atoms with Gasteiger partial charge >= 0.3 is 0 Å². The van der Waals surface area contributed by atoms with Crippen LogP contribution >= 0.6 is 0 Å². The van der Waals surface area contributed by atoms with Crippen LogP contribution in [0.25, 0.3) is 5.65 Å². The van der Waals surface area contributed by atoms with Crippen LogP contribution in [0.5, 0.6) is 0 Å². The van der Waals surface area contributed by atoms with E-state index in [2.05, 4.69) is 14.9 Å². The maximum absolute atomic E-state index is 10.3. The predicted octanol–water partition coefficient (Wildman–Crippen LogP) is -0.483. The summed E-state index contributed by atoms with van der Waals surface area (Å²) in [5.74, 6) is 0.209. The summed E-state index contributed by atoms with van der Waals surface area (Å²) in [7, 11) is 0. The lowest BCUT2D eigenvalue weighted by atomic mass is 10.4. The van der Waals surface area contributed by atoms with E-state index in [0.717, 1.165) is 0 Å². The molecule has 0 amide bonds. The highest BCUT2D eigenvalue weighted by Crippen LogP contribution is 2.11. The molecule has 0 aliphatic carbocycles. The van der Waals surface area contributed by atoms with Crippen LogP contribution in [0.1, 0.15) is 0 Å².